The van der Waals surface area contributed by atoms with Crippen molar-refractivity contribution in [2.24, 2.45) is 5.73 Å². The van der Waals surface area contributed by atoms with Crippen LogP contribution in [0.25, 0.3) is 0 Å². The van der Waals surface area contributed by atoms with Crippen LogP contribution in [-0.4, -0.2) is 46.6 Å². The number of hydrogen-bond acceptors (Lipinski definition) is 6. The van der Waals surface area contributed by atoms with Crippen LogP contribution in [0.5, 0.6) is 0 Å². The molecule has 96 valence electrons. The van der Waals surface area contributed by atoms with Gasteiger partial charge in [-0.05, 0) is 25.0 Å². The van der Waals surface area contributed by atoms with Crippen LogP contribution in [0.2, 0.25) is 0 Å². The van der Waals surface area contributed by atoms with Crippen LogP contribution in [0.3, 0.4) is 0 Å². The van der Waals surface area contributed by atoms with Crippen molar-refractivity contribution in [3.8, 4) is 0 Å². The minimum absolute atomic E-state index is 0.280. The van der Waals surface area contributed by atoms with E-state index in [0.29, 0.717) is 13.0 Å². The highest BCUT2D eigenvalue weighted by molar-refractivity contribution is 7.98. The van der Waals surface area contributed by atoms with Crippen LogP contribution < -0.4 is 5.73 Å². The molecule has 17 heavy (non-hydrogen) atoms. The van der Waals surface area contributed by atoms with E-state index < -0.39 is 5.97 Å². The fourth-order valence-corrected chi connectivity index (χ4v) is 1.93. The summed E-state index contributed by atoms with van der Waals surface area (Å²) in [6, 6.07) is 0. The standard InChI is InChI=1S/C10H18N4O2S/c1-16-10(15)9-8(4-5-11)14(13-12-9)6-3-7-17-2/h3-7,11H2,1-2H3. The second-order valence-electron chi connectivity index (χ2n) is 3.48. The van der Waals surface area contributed by atoms with Crippen molar-refractivity contribution in [2.45, 2.75) is 19.4 Å². The number of methoxy groups -OCH3 is 1. The zero-order chi connectivity index (χ0) is 12.7. The molecule has 1 heterocycles. The Morgan fingerprint density at radius 2 is 2.35 bits per heavy atom. The summed E-state index contributed by atoms with van der Waals surface area (Å²) in [7, 11) is 1.33. The van der Waals surface area contributed by atoms with Crippen molar-refractivity contribution in [1.82, 2.24) is 15.0 Å². The Balaban J connectivity index is 2.82. The molecule has 1 aromatic heterocycles. The van der Waals surface area contributed by atoms with Crippen molar-refractivity contribution in [3.63, 3.8) is 0 Å². The number of hydrogen-bond donors (Lipinski definition) is 1. The summed E-state index contributed by atoms with van der Waals surface area (Å²) < 4.78 is 6.41. The molecule has 0 unspecified atom stereocenters. The Morgan fingerprint density at radius 3 is 2.94 bits per heavy atom. The average molecular weight is 258 g/mol. The predicted molar refractivity (Wildman–Crippen MR) is 67.1 cm³/mol. The number of carbonyl (C=O) groups is 1. The van der Waals surface area contributed by atoms with Gasteiger partial charge in [0.1, 0.15) is 0 Å². The molecule has 0 fully saturated rings. The molecule has 0 aliphatic rings. The summed E-state index contributed by atoms with van der Waals surface area (Å²) in [5, 5.41) is 7.84. The Hall–Kier alpha value is -1.08. The lowest BCUT2D eigenvalue weighted by molar-refractivity contribution is 0.0592. The number of carbonyl (C=O) groups excluding carboxylic acids is 1. The van der Waals surface area contributed by atoms with Crippen molar-refractivity contribution < 1.29 is 9.53 Å². The molecule has 6 nitrogen and oxygen atoms in total. The molecule has 0 aromatic carbocycles. The first-order chi connectivity index (χ1) is 8.24. The monoisotopic (exact) mass is 258 g/mol. The Bertz CT molecular complexity index is 367. The van der Waals surface area contributed by atoms with Crippen LogP contribution in [0, 0.1) is 0 Å². The zero-order valence-electron chi connectivity index (χ0n) is 10.2. The van der Waals surface area contributed by atoms with Gasteiger partial charge in [0, 0.05) is 13.0 Å². The lowest BCUT2D eigenvalue weighted by Gasteiger charge is -2.05. The van der Waals surface area contributed by atoms with E-state index in [2.05, 4.69) is 21.3 Å². The molecule has 0 aliphatic carbocycles. The number of rotatable bonds is 7. The van der Waals surface area contributed by atoms with E-state index >= 15 is 0 Å². The van der Waals surface area contributed by atoms with Gasteiger partial charge in [-0.1, -0.05) is 5.21 Å². The summed E-state index contributed by atoms with van der Waals surface area (Å²) in [5.74, 6) is 0.597. The maximum atomic E-state index is 11.5. The van der Waals surface area contributed by atoms with Gasteiger partial charge in [-0.15, -0.1) is 5.10 Å². The van der Waals surface area contributed by atoms with E-state index in [1.807, 2.05) is 0 Å². The van der Waals surface area contributed by atoms with E-state index in [4.69, 9.17) is 5.73 Å². The summed E-state index contributed by atoms with van der Waals surface area (Å²) in [5.41, 5.74) is 6.57. The van der Waals surface area contributed by atoms with Crippen molar-refractivity contribution >= 4 is 17.7 Å². The fourth-order valence-electron chi connectivity index (χ4n) is 1.51. The van der Waals surface area contributed by atoms with Gasteiger partial charge in [-0.2, -0.15) is 11.8 Å². The molecule has 2 N–H and O–H groups in total. The minimum Gasteiger partial charge on any atom is -0.464 e. The highest BCUT2D eigenvalue weighted by Gasteiger charge is 2.19. The molecule has 0 saturated carbocycles. The molecule has 0 radical (unpaired) electrons. The summed E-state index contributed by atoms with van der Waals surface area (Å²) in [6.45, 7) is 1.21. The lowest BCUT2D eigenvalue weighted by Crippen LogP contribution is -2.14. The second-order valence-corrected chi connectivity index (χ2v) is 4.47. The number of esters is 1. The van der Waals surface area contributed by atoms with Gasteiger partial charge < -0.3 is 10.5 Å². The van der Waals surface area contributed by atoms with Gasteiger partial charge in [-0.3, -0.25) is 0 Å². The molecular formula is C10H18N4O2S. The molecule has 7 heteroatoms. The van der Waals surface area contributed by atoms with Crippen LogP contribution in [0.1, 0.15) is 22.6 Å². The van der Waals surface area contributed by atoms with Crippen LogP contribution in [0.4, 0.5) is 0 Å². The molecule has 0 amide bonds. The van der Waals surface area contributed by atoms with Gasteiger partial charge in [0.05, 0.1) is 12.8 Å². The maximum Gasteiger partial charge on any atom is 0.360 e. The first-order valence-corrected chi connectivity index (χ1v) is 6.83. The minimum atomic E-state index is -0.454. The quantitative estimate of drug-likeness (QED) is 0.560. The lowest BCUT2D eigenvalue weighted by atomic mass is 10.2. The number of thioether (sulfide) groups is 1. The normalized spacial score (nSPS) is 10.5. The van der Waals surface area contributed by atoms with Gasteiger partial charge in [0.15, 0.2) is 5.69 Å². The smallest absolute Gasteiger partial charge is 0.360 e. The highest BCUT2D eigenvalue weighted by atomic mass is 32.2. The Labute approximate surface area is 105 Å². The van der Waals surface area contributed by atoms with Gasteiger partial charge in [-0.25, -0.2) is 9.48 Å². The topological polar surface area (TPSA) is 83.0 Å². The molecule has 0 aliphatic heterocycles. The third kappa shape index (κ3) is 3.71. The van der Waals surface area contributed by atoms with E-state index in [9.17, 15) is 4.79 Å². The Morgan fingerprint density at radius 1 is 1.59 bits per heavy atom. The summed E-state index contributed by atoms with van der Waals surface area (Å²) in [6.07, 6.45) is 3.63. The molecule has 0 spiro atoms. The molecule has 0 bridgehead atoms. The number of aryl methyl sites for hydroxylation is 1. The number of ether oxygens (including phenoxy) is 1. The SMILES string of the molecule is COC(=O)c1nnn(CCCSC)c1CCN. The highest BCUT2D eigenvalue weighted by Crippen LogP contribution is 2.09. The van der Waals surface area contributed by atoms with Gasteiger partial charge in [0.2, 0.25) is 0 Å². The predicted octanol–water partition coefficient (Wildman–Crippen LogP) is 0.319. The van der Waals surface area contributed by atoms with E-state index in [1.165, 1.54) is 7.11 Å². The Kier molecular flexibility index (Phi) is 5.99. The largest absolute Gasteiger partial charge is 0.464 e. The molecule has 1 rings (SSSR count). The molecular weight excluding hydrogens is 240 g/mol. The molecule has 1 aromatic rings. The van der Waals surface area contributed by atoms with Gasteiger partial charge in [0.25, 0.3) is 0 Å². The number of nitrogens with two attached hydrogens (primary N) is 1. The third-order valence-electron chi connectivity index (χ3n) is 2.32. The third-order valence-corrected chi connectivity index (χ3v) is 3.01. The number of aromatic nitrogens is 3. The van der Waals surface area contributed by atoms with E-state index in [0.717, 1.165) is 24.4 Å². The van der Waals surface area contributed by atoms with Crippen LogP contribution in [0.15, 0.2) is 0 Å². The first-order valence-electron chi connectivity index (χ1n) is 5.44. The zero-order valence-corrected chi connectivity index (χ0v) is 11.0. The fraction of sp³-hybridized carbons (Fsp3) is 0.700. The van der Waals surface area contributed by atoms with Crippen molar-refractivity contribution in [2.75, 3.05) is 25.7 Å². The van der Waals surface area contributed by atoms with Crippen molar-refractivity contribution in [1.29, 1.82) is 0 Å². The summed E-state index contributed by atoms with van der Waals surface area (Å²) in [4.78, 5) is 11.5. The van der Waals surface area contributed by atoms with Gasteiger partial charge >= 0.3 is 5.97 Å². The average Bonchev–Trinajstić information content (AvgIpc) is 2.73. The second kappa shape index (κ2) is 7.29. The maximum absolute atomic E-state index is 11.5. The van der Waals surface area contributed by atoms with Crippen LogP contribution >= 0.6 is 11.8 Å². The van der Waals surface area contributed by atoms with E-state index in [1.54, 1.807) is 16.4 Å². The first kappa shape index (κ1) is 14.0. The molecule has 0 atom stereocenters. The van der Waals surface area contributed by atoms with Crippen molar-refractivity contribution in [3.05, 3.63) is 11.4 Å². The summed E-state index contributed by atoms with van der Waals surface area (Å²) >= 11 is 1.78. The number of nitrogens with zero attached hydrogens (tertiary/aromatic N) is 3. The molecule has 0 saturated heterocycles. The van der Waals surface area contributed by atoms with E-state index in [-0.39, 0.29) is 5.69 Å². The van der Waals surface area contributed by atoms with Crippen LogP contribution in [-0.2, 0) is 17.7 Å².